The van der Waals surface area contributed by atoms with E-state index in [0.717, 1.165) is 18.9 Å². The molecule has 0 saturated heterocycles. The first kappa shape index (κ1) is 12.6. The summed E-state index contributed by atoms with van der Waals surface area (Å²) in [5, 5.41) is 3.50. The Morgan fingerprint density at radius 3 is 2.80 bits per heavy atom. The number of aryl methyl sites for hydroxylation is 1. The number of thiazole rings is 1. The van der Waals surface area contributed by atoms with Gasteiger partial charge in [0.1, 0.15) is 0 Å². The fraction of sp³-hybridized carbons (Fsp3) is 0.727. The zero-order valence-electron chi connectivity index (χ0n) is 9.91. The van der Waals surface area contributed by atoms with Crippen LogP contribution in [0.3, 0.4) is 0 Å². The van der Waals surface area contributed by atoms with Gasteiger partial charge in [0, 0.05) is 23.6 Å². The molecule has 0 aliphatic rings. The Morgan fingerprint density at radius 2 is 2.27 bits per heavy atom. The number of rotatable bonds is 6. The summed E-state index contributed by atoms with van der Waals surface area (Å²) >= 11 is 1.71. The van der Waals surface area contributed by atoms with Crippen LogP contribution >= 0.6 is 11.3 Å². The van der Waals surface area contributed by atoms with E-state index in [4.69, 9.17) is 4.74 Å². The van der Waals surface area contributed by atoms with Crippen molar-refractivity contribution in [3.05, 3.63) is 16.1 Å². The summed E-state index contributed by atoms with van der Waals surface area (Å²) in [5.74, 6) is 0. The van der Waals surface area contributed by atoms with Crippen molar-refractivity contribution in [2.75, 3.05) is 13.2 Å². The highest BCUT2D eigenvalue weighted by Gasteiger charge is 2.13. The number of hydrogen-bond acceptors (Lipinski definition) is 4. The molecule has 0 fully saturated rings. The van der Waals surface area contributed by atoms with Gasteiger partial charge in [-0.2, -0.15) is 0 Å². The highest BCUT2D eigenvalue weighted by molar-refractivity contribution is 7.09. The van der Waals surface area contributed by atoms with Gasteiger partial charge in [-0.15, -0.1) is 11.3 Å². The fourth-order valence-corrected chi connectivity index (χ4v) is 2.39. The predicted octanol–water partition coefficient (Wildman–Crippen LogP) is 2.53. The van der Waals surface area contributed by atoms with Gasteiger partial charge < -0.3 is 10.1 Å². The molecule has 1 aromatic heterocycles. The molecule has 2 atom stereocenters. The SMILES string of the molecule is CCOCC(C)NC(C)c1scnc1C. The molecule has 2 unspecified atom stereocenters. The van der Waals surface area contributed by atoms with E-state index >= 15 is 0 Å². The Bertz CT molecular complexity index is 288. The van der Waals surface area contributed by atoms with Gasteiger partial charge in [-0.3, -0.25) is 0 Å². The van der Waals surface area contributed by atoms with Crippen molar-refractivity contribution in [2.24, 2.45) is 0 Å². The summed E-state index contributed by atoms with van der Waals surface area (Å²) < 4.78 is 5.37. The van der Waals surface area contributed by atoms with Crippen molar-refractivity contribution in [3.8, 4) is 0 Å². The third kappa shape index (κ3) is 3.89. The van der Waals surface area contributed by atoms with Crippen LogP contribution in [0, 0.1) is 6.92 Å². The average molecular weight is 228 g/mol. The molecule has 0 amide bonds. The molecule has 1 N–H and O–H groups in total. The molecule has 3 nitrogen and oxygen atoms in total. The van der Waals surface area contributed by atoms with Crippen LogP contribution in [0.15, 0.2) is 5.51 Å². The van der Waals surface area contributed by atoms with Crippen molar-refractivity contribution >= 4 is 11.3 Å². The lowest BCUT2D eigenvalue weighted by Crippen LogP contribution is -2.32. The molecular formula is C11H20N2OS. The smallest absolute Gasteiger partial charge is 0.0798 e. The Hall–Kier alpha value is -0.450. The molecule has 0 aromatic carbocycles. The summed E-state index contributed by atoms with van der Waals surface area (Å²) in [6, 6.07) is 0.731. The summed E-state index contributed by atoms with van der Waals surface area (Å²) in [6.07, 6.45) is 0. The molecule has 1 rings (SSSR count). The highest BCUT2D eigenvalue weighted by atomic mass is 32.1. The standard InChI is InChI=1S/C11H20N2OS/c1-5-14-6-8(2)13-10(4)11-9(3)12-7-15-11/h7-8,10,13H,5-6H2,1-4H3. The maximum absolute atomic E-state index is 5.37. The number of nitrogens with one attached hydrogen (secondary N) is 1. The lowest BCUT2D eigenvalue weighted by atomic mass is 10.2. The van der Waals surface area contributed by atoms with Gasteiger partial charge in [-0.25, -0.2) is 4.98 Å². The van der Waals surface area contributed by atoms with Crippen LogP contribution in [0.2, 0.25) is 0 Å². The first-order chi connectivity index (χ1) is 7.15. The third-order valence-electron chi connectivity index (χ3n) is 2.28. The van der Waals surface area contributed by atoms with Gasteiger partial charge in [0.2, 0.25) is 0 Å². The van der Waals surface area contributed by atoms with Crippen molar-refractivity contribution < 1.29 is 4.74 Å². The summed E-state index contributed by atoms with van der Waals surface area (Å²) in [6.45, 7) is 9.92. The van der Waals surface area contributed by atoms with Gasteiger partial charge in [0.05, 0.1) is 17.8 Å². The molecular weight excluding hydrogens is 208 g/mol. The highest BCUT2D eigenvalue weighted by Crippen LogP contribution is 2.21. The van der Waals surface area contributed by atoms with Crippen molar-refractivity contribution in [1.82, 2.24) is 10.3 Å². The zero-order chi connectivity index (χ0) is 11.3. The second kappa shape index (κ2) is 6.20. The summed E-state index contributed by atoms with van der Waals surface area (Å²) in [5.41, 5.74) is 3.03. The molecule has 1 heterocycles. The minimum atomic E-state index is 0.355. The molecule has 15 heavy (non-hydrogen) atoms. The van der Waals surface area contributed by atoms with E-state index in [2.05, 4.69) is 31.1 Å². The molecule has 86 valence electrons. The number of aromatic nitrogens is 1. The number of hydrogen-bond donors (Lipinski definition) is 1. The monoisotopic (exact) mass is 228 g/mol. The van der Waals surface area contributed by atoms with Crippen LogP contribution in [-0.4, -0.2) is 24.2 Å². The molecule has 0 saturated carbocycles. The van der Waals surface area contributed by atoms with E-state index in [1.165, 1.54) is 4.88 Å². The van der Waals surface area contributed by atoms with E-state index in [0.29, 0.717) is 12.1 Å². The zero-order valence-corrected chi connectivity index (χ0v) is 10.7. The summed E-state index contributed by atoms with van der Waals surface area (Å²) in [4.78, 5) is 5.57. The van der Waals surface area contributed by atoms with E-state index in [1.807, 2.05) is 12.4 Å². The van der Waals surface area contributed by atoms with Crippen LogP contribution in [0.4, 0.5) is 0 Å². The van der Waals surface area contributed by atoms with Crippen LogP contribution in [-0.2, 0) is 4.74 Å². The van der Waals surface area contributed by atoms with Gasteiger partial charge >= 0.3 is 0 Å². The van der Waals surface area contributed by atoms with Crippen molar-refractivity contribution in [3.63, 3.8) is 0 Å². The molecule has 0 spiro atoms. The molecule has 0 bridgehead atoms. The predicted molar refractivity (Wildman–Crippen MR) is 64.4 cm³/mol. The first-order valence-corrected chi connectivity index (χ1v) is 6.26. The molecule has 1 aromatic rings. The van der Waals surface area contributed by atoms with Gasteiger partial charge in [0.15, 0.2) is 0 Å². The van der Waals surface area contributed by atoms with Crippen LogP contribution in [0.1, 0.15) is 37.4 Å². The molecule has 0 radical (unpaired) electrons. The molecule has 0 aliphatic carbocycles. The Labute approximate surface area is 95.9 Å². The van der Waals surface area contributed by atoms with E-state index in [1.54, 1.807) is 11.3 Å². The fourth-order valence-electron chi connectivity index (χ4n) is 1.57. The van der Waals surface area contributed by atoms with E-state index in [-0.39, 0.29) is 0 Å². The van der Waals surface area contributed by atoms with Crippen molar-refractivity contribution in [1.29, 1.82) is 0 Å². The van der Waals surface area contributed by atoms with Crippen LogP contribution in [0.25, 0.3) is 0 Å². The first-order valence-electron chi connectivity index (χ1n) is 5.39. The van der Waals surface area contributed by atoms with Crippen LogP contribution < -0.4 is 5.32 Å². The van der Waals surface area contributed by atoms with E-state index in [9.17, 15) is 0 Å². The van der Waals surface area contributed by atoms with Gasteiger partial charge in [-0.05, 0) is 27.7 Å². The second-order valence-electron chi connectivity index (χ2n) is 3.75. The van der Waals surface area contributed by atoms with Crippen molar-refractivity contribution in [2.45, 2.75) is 39.8 Å². The van der Waals surface area contributed by atoms with Gasteiger partial charge in [-0.1, -0.05) is 0 Å². The Morgan fingerprint density at radius 1 is 1.53 bits per heavy atom. The maximum Gasteiger partial charge on any atom is 0.0798 e. The third-order valence-corrected chi connectivity index (χ3v) is 3.40. The normalized spacial score (nSPS) is 15.2. The minimum absolute atomic E-state index is 0.355. The average Bonchev–Trinajstić information content (AvgIpc) is 2.61. The molecule has 0 aliphatic heterocycles. The number of ether oxygens (including phenoxy) is 1. The van der Waals surface area contributed by atoms with Gasteiger partial charge in [0.25, 0.3) is 0 Å². The lowest BCUT2D eigenvalue weighted by molar-refractivity contribution is 0.124. The maximum atomic E-state index is 5.37. The Kier molecular flexibility index (Phi) is 5.22. The minimum Gasteiger partial charge on any atom is -0.380 e. The Balaban J connectivity index is 2.42. The second-order valence-corrected chi connectivity index (χ2v) is 4.64. The topological polar surface area (TPSA) is 34.1 Å². The number of nitrogens with zero attached hydrogens (tertiary/aromatic N) is 1. The van der Waals surface area contributed by atoms with Crippen LogP contribution in [0.5, 0.6) is 0 Å². The lowest BCUT2D eigenvalue weighted by Gasteiger charge is -2.19. The summed E-state index contributed by atoms with van der Waals surface area (Å²) in [7, 11) is 0. The molecule has 4 heteroatoms. The quantitative estimate of drug-likeness (QED) is 0.812. The van der Waals surface area contributed by atoms with E-state index < -0.39 is 0 Å². The largest absolute Gasteiger partial charge is 0.380 e.